The fraction of sp³-hybridized carbons (Fsp3) is 1.00. The first-order valence-electron chi connectivity index (χ1n) is 7.33. The predicted octanol–water partition coefficient (Wildman–Crippen LogP) is 4.09. The van der Waals surface area contributed by atoms with Crippen LogP contribution in [0.25, 0.3) is 0 Å². The minimum Gasteiger partial charge on any atom is -0.353 e. The zero-order valence-electron chi connectivity index (χ0n) is 12.9. The Kier molecular flexibility index (Phi) is 14.0. The second-order valence-corrected chi connectivity index (χ2v) is 6.54. The lowest BCUT2D eigenvalue weighted by atomic mass is 10.2. The molecule has 0 aromatic carbocycles. The van der Waals surface area contributed by atoms with E-state index < -0.39 is 0 Å². The molecule has 4 nitrogen and oxygen atoms in total. The Balaban J connectivity index is 4.24. The van der Waals surface area contributed by atoms with Crippen molar-refractivity contribution in [3.05, 3.63) is 0 Å². The Morgan fingerprint density at radius 2 is 0.850 bits per heavy atom. The Labute approximate surface area is 140 Å². The number of rotatable bonds is 13. The number of hydrogen-bond acceptors (Lipinski definition) is 4. The van der Waals surface area contributed by atoms with Crippen LogP contribution in [0.3, 0.4) is 0 Å². The van der Waals surface area contributed by atoms with Gasteiger partial charge in [0.2, 0.25) is 0 Å². The summed E-state index contributed by atoms with van der Waals surface area (Å²) in [7, 11) is 0. The standard InChI is InChI=1S/C14H28Br2O4/c1-5-17-13(18-6-2)9-11(15)12(16)10-14(19-7-3)20-8-4/h11-14H,5-10H2,1-4H3. The molecule has 0 aromatic heterocycles. The number of halogens is 2. The highest BCUT2D eigenvalue weighted by Crippen LogP contribution is 2.26. The van der Waals surface area contributed by atoms with Gasteiger partial charge in [0.05, 0.1) is 0 Å². The highest BCUT2D eigenvalue weighted by atomic mass is 79.9. The van der Waals surface area contributed by atoms with Crippen LogP contribution in [0.1, 0.15) is 40.5 Å². The molecular formula is C14H28Br2O4. The molecule has 0 aliphatic heterocycles. The lowest BCUT2D eigenvalue weighted by Crippen LogP contribution is -2.30. The molecule has 122 valence electrons. The van der Waals surface area contributed by atoms with Crippen molar-refractivity contribution in [2.75, 3.05) is 26.4 Å². The Bertz CT molecular complexity index is 185. The van der Waals surface area contributed by atoms with E-state index in [1.54, 1.807) is 0 Å². The van der Waals surface area contributed by atoms with Crippen LogP contribution in [0.5, 0.6) is 0 Å². The van der Waals surface area contributed by atoms with Crippen molar-refractivity contribution in [1.82, 2.24) is 0 Å². The van der Waals surface area contributed by atoms with Crippen molar-refractivity contribution >= 4 is 31.9 Å². The first-order chi connectivity index (χ1) is 9.58. The quantitative estimate of drug-likeness (QED) is 0.332. The molecule has 20 heavy (non-hydrogen) atoms. The molecule has 0 N–H and O–H groups in total. The summed E-state index contributed by atoms with van der Waals surface area (Å²) >= 11 is 7.39. The molecule has 0 heterocycles. The monoisotopic (exact) mass is 418 g/mol. The molecule has 2 atom stereocenters. The zero-order valence-corrected chi connectivity index (χ0v) is 16.1. The Morgan fingerprint density at radius 3 is 1.05 bits per heavy atom. The van der Waals surface area contributed by atoms with Crippen molar-refractivity contribution in [2.24, 2.45) is 0 Å². The first-order valence-corrected chi connectivity index (χ1v) is 9.16. The average Bonchev–Trinajstić information content (AvgIpc) is 2.39. The van der Waals surface area contributed by atoms with Crippen molar-refractivity contribution in [2.45, 2.75) is 62.8 Å². The van der Waals surface area contributed by atoms with Gasteiger partial charge >= 0.3 is 0 Å². The molecule has 6 heteroatoms. The molecular weight excluding hydrogens is 392 g/mol. The molecule has 0 bridgehead atoms. The van der Waals surface area contributed by atoms with Gasteiger partial charge in [-0.3, -0.25) is 0 Å². The molecule has 2 unspecified atom stereocenters. The van der Waals surface area contributed by atoms with Gasteiger partial charge in [-0.05, 0) is 27.7 Å². The second-order valence-electron chi connectivity index (χ2n) is 4.18. The van der Waals surface area contributed by atoms with Crippen LogP contribution in [0.15, 0.2) is 0 Å². The number of ether oxygens (including phenoxy) is 4. The summed E-state index contributed by atoms with van der Waals surface area (Å²) in [6.07, 6.45) is 1.21. The van der Waals surface area contributed by atoms with Gasteiger partial charge in [-0.2, -0.15) is 0 Å². The van der Waals surface area contributed by atoms with E-state index in [0.29, 0.717) is 26.4 Å². The van der Waals surface area contributed by atoms with Crippen molar-refractivity contribution in [3.8, 4) is 0 Å². The second kappa shape index (κ2) is 13.5. The van der Waals surface area contributed by atoms with Gasteiger partial charge in [-0.1, -0.05) is 31.9 Å². The molecule has 0 amide bonds. The third-order valence-electron chi connectivity index (χ3n) is 2.64. The van der Waals surface area contributed by atoms with Crippen LogP contribution in [0, 0.1) is 0 Å². The average molecular weight is 420 g/mol. The van der Waals surface area contributed by atoms with Crippen LogP contribution in [-0.4, -0.2) is 48.7 Å². The van der Waals surface area contributed by atoms with Crippen molar-refractivity contribution < 1.29 is 18.9 Å². The summed E-state index contributed by atoms with van der Waals surface area (Å²) in [5.74, 6) is 0. The van der Waals surface area contributed by atoms with Gasteiger partial charge < -0.3 is 18.9 Å². The molecule has 0 saturated heterocycles. The van der Waals surface area contributed by atoms with Gasteiger partial charge in [-0.15, -0.1) is 0 Å². The lowest BCUT2D eigenvalue weighted by Gasteiger charge is -2.25. The molecule has 0 aliphatic carbocycles. The van der Waals surface area contributed by atoms with E-state index in [4.69, 9.17) is 18.9 Å². The van der Waals surface area contributed by atoms with Gasteiger partial charge in [-0.25, -0.2) is 0 Å². The molecule has 0 rings (SSSR count). The van der Waals surface area contributed by atoms with E-state index in [-0.39, 0.29) is 22.2 Å². The SMILES string of the molecule is CCOC(CC(Br)C(Br)CC(OCC)OCC)OCC. The maximum atomic E-state index is 5.57. The fourth-order valence-corrected chi connectivity index (χ4v) is 2.82. The maximum Gasteiger partial charge on any atom is 0.158 e. The van der Waals surface area contributed by atoms with E-state index in [1.807, 2.05) is 27.7 Å². The number of alkyl halides is 2. The van der Waals surface area contributed by atoms with Gasteiger partial charge in [0.25, 0.3) is 0 Å². The summed E-state index contributed by atoms with van der Waals surface area (Å²) in [4.78, 5) is 0.461. The third-order valence-corrected chi connectivity index (χ3v) is 5.37. The molecule has 0 fully saturated rings. The molecule has 0 saturated carbocycles. The third kappa shape index (κ3) is 9.68. The van der Waals surface area contributed by atoms with E-state index in [1.165, 1.54) is 0 Å². The summed E-state index contributed by atoms with van der Waals surface area (Å²) in [5, 5.41) is 0. The van der Waals surface area contributed by atoms with Gasteiger partial charge in [0.1, 0.15) is 0 Å². The van der Waals surface area contributed by atoms with Gasteiger partial charge in [0.15, 0.2) is 12.6 Å². The van der Waals surface area contributed by atoms with Crippen LogP contribution in [-0.2, 0) is 18.9 Å². The summed E-state index contributed by atoms with van der Waals surface area (Å²) < 4.78 is 22.3. The summed E-state index contributed by atoms with van der Waals surface area (Å²) in [6.45, 7) is 10.5. The maximum absolute atomic E-state index is 5.57. The summed E-state index contributed by atoms with van der Waals surface area (Å²) in [5.41, 5.74) is 0. The highest BCUT2D eigenvalue weighted by molar-refractivity contribution is 9.12. The smallest absolute Gasteiger partial charge is 0.158 e. The van der Waals surface area contributed by atoms with Crippen LogP contribution >= 0.6 is 31.9 Å². The van der Waals surface area contributed by atoms with E-state index in [9.17, 15) is 0 Å². The van der Waals surface area contributed by atoms with E-state index >= 15 is 0 Å². The van der Waals surface area contributed by atoms with Crippen LogP contribution in [0.2, 0.25) is 0 Å². The zero-order chi connectivity index (χ0) is 15.4. The van der Waals surface area contributed by atoms with E-state index in [0.717, 1.165) is 12.8 Å². The Morgan fingerprint density at radius 1 is 0.600 bits per heavy atom. The van der Waals surface area contributed by atoms with Crippen LogP contribution < -0.4 is 0 Å². The van der Waals surface area contributed by atoms with Gasteiger partial charge in [0, 0.05) is 48.9 Å². The minimum absolute atomic E-state index is 0.174. The number of hydrogen-bond donors (Lipinski definition) is 0. The fourth-order valence-electron chi connectivity index (χ4n) is 1.77. The normalized spacial score (nSPS) is 15.0. The topological polar surface area (TPSA) is 36.9 Å². The first kappa shape index (κ1) is 20.8. The Hall–Kier alpha value is 0.800. The van der Waals surface area contributed by atoms with Crippen LogP contribution in [0.4, 0.5) is 0 Å². The lowest BCUT2D eigenvalue weighted by molar-refractivity contribution is -0.145. The molecule has 0 radical (unpaired) electrons. The molecule has 0 aromatic rings. The summed E-state index contributed by atoms with van der Waals surface area (Å²) in [6, 6.07) is 0. The van der Waals surface area contributed by atoms with E-state index in [2.05, 4.69) is 31.9 Å². The predicted molar refractivity (Wildman–Crippen MR) is 88.7 cm³/mol. The highest BCUT2D eigenvalue weighted by Gasteiger charge is 2.24. The molecule has 0 aliphatic rings. The minimum atomic E-state index is -0.174. The van der Waals surface area contributed by atoms with Crippen molar-refractivity contribution in [1.29, 1.82) is 0 Å². The van der Waals surface area contributed by atoms with Crippen molar-refractivity contribution in [3.63, 3.8) is 0 Å². The molecule has 0 spiro atoms. The largest absolute Gasteiger partial charge is 0.353 e.